The molecule has 156 valence electrons. The first-order valence-electron chi connectivity index (χ1n) is 10.1. The first-order valence-corrected chi connectivity index (χ1v) is 10.9. The van der Waals surface area contributed by atoms with E-state index in [9.17, 15) is 10.1 Å². The van der Waals surface area contributed by atoms with Crippen molar-refractivity contribution in [2.75, 3.05) is 5.32 Å². The standard InChI is InChI=1S/C27H25BrN2O/c1-17-5-6-20(4)26(12-17)30-27(31)24(16-29)14-23-15-25(28)8-7-22(23)13-21-10-18(2)9-19(3)11-21/h5-12,14-15H,13H2,1-4H3,(H,30,31)/b24-14+. The van der Waals surface area contributed by atoms with Crippen molar-refractivity contribution in [3.8, 4) is 6.07 Å². The zero-order valence-corrected chi connectivity index (χ0v) is 19.8. The Balaban J connectivity index is 1.94. The first-order chi connectivity index (χ1) is 14.7. The molecule has 3 aromatic rings. The summed E-state index contributed by atoms with van der Waals surface area (Å²) in [7, 11) is 0. The van der Waals surface area contributed by atoms with Crippen molar-refractivity contribution in [3.05, 3.63) is 104 Å². The lowest BCUT2D eigenvalue weighted by Crippen LogP contribution is -2.14. The molecule has 1 N–H and O–H groups in total. The number of hydrogen-bond donors (Lipinski definition) is 1. The average molecular weight is 473 g/mol. The molecule has 0 unspecified atom stereocenters. The van der Waals surface area contributed by atoms with Gasteiger partial charge in [-0.05, 0) is 86.2 Å². The number of aryl methyl sites for hydroxylation is 4. The molecule has 0 saturated heterocycles. The van der Waals surface area contributed by atoms with Crippen molar-refractivity contribution in [1.82, 2.24) is 0 Å². The minimum atomic E-state index is -0.409. The summed E-state index contributed by atoms with van der Waals surface area (Å²) in [5.74, 6) is -0.409. The van der Waals surface area contributed by atoms with Gasteiger partial charge >= 0.3 is 0 Å². The van der Waals surface area contributed by atoms with Gasteiger partial charge in [-0.2, -0.15) is 5.26 Å². The summed E-state index contributed by atoms with van der Waals surface area (Å²) >= 11 is 3.51. The van der Waals surface area contributed by atoms with E-state index in [1.807, 2.05) is 50.2 Å². The van der Waals surface area contributed by atoms with Gasteiger partial charge in [0.05, 0.1) is 0 Å². The van der Waals surface area contributed by atoms with E-state index in [0.29, 0.717) is 0 Å². The molecule has 3 nitrogen and oxygen atoms in total. The van der Waals surface area contributed by atoms with Crippen molar-refractivity contribution < 1.29 is 4.79 Å². The van der Waals surface area contributed by atoms with Gasteiger partial charge in [-0.25, -0.2) is 0 Å². The van der Waals surface area contributed by atoms with E-state index < -0.39 is 5.91 Å². The van der Waals surface area contributed by atoms with E-state index >= 15 is 0 Å². The van der Waals surface area contributed by atoms with Gasteiger partial charge in [0, 0.05) is 10.2 Å². The quantitative estimate of drug-likeness (QED) is 0.327. The van der Waals surface area contributed by atoms with Crippen LogP contribution in [0, 0.1) is 39.0 Å². The third kappa shape index (κ3) is 5.93. The molecule has 0 atom stereocenters. The van der Waals surface area contributed by atoms with Crippen LogP contribution in [0.3, 0.4) is 0 Å². The molecule has 0 radical (unpaired) electrons. The van der Waals surface area contributed by atoms with Gasteiger partial charge in [-0.1, -0.05) is 63.5 Å². The maximum absolute atomic E-state index is 12.8. The molecule has 0 aliphatic carbocycles. The Hall–Kier alpha value is -3.16. The van der Waals surface area contributed by atoms with Crippen LogP contribution in [0.15, 0.2) is 64.6 Å². The van der Waals surface area contributed by atoms with Crippen LogP contribution in [0.2, 0.25) is 0 Å². The fourth-order valence-corrected chi connectivity index (χ4v) is 4.00. The molecule has 0 bridgehead atoms. The van der Waals surface area contributed by atoms with E-state index in [1.165, 1.54) is 16.7 Å². The summed E-state index contributed by atoms with van der Waals surface area (Å²) in [4.78, 5) is 12.8. The van der Waals surface area contributed by atoms with Gasteiger partial charge < -0.3 is 5.32 Å². The van der Waals surface area contributed by atoms with E-state index in [2.05, 4.69) is 59.4 Å². The van der Waals surface area contributed by atoms with Crippen molar-refractivity contribution in [1.29, 1.82) is 5.26 Å². The third-order valence-electron chi connectivity index (χ3n) is 5.09. The number of rotatable bonds is 5. The lowest BCUT2D eigenvalue weighted by Gasteiger charge is -2.11. The van der Waals surface area contributed by atoms with Crippen molar-refractivity contribution >= 4 is 33.6 Å². The number of amides is 1. The number of nitriles is 1. The van der Waals surface area contributed by atoms with Gasteiger partial charge in [-0.15, -0.1) is 0 Å². The Kier molecular flexibility index (Phi) is 7.09. The SMILES string of the molecule is Cc1cc(C)cc(Cc2ccc(Br)cc2/C=C(\C#N)C(=O)Nc2cc(C)ccc2C)c1. The number of nitrogens with zero attached hydrogens (tertiary/aromatic N) is 1. The number of hydrogen-bond acceptors (Lipinski definition) is 2. The largest absolute Gasteiger partial charge is 0.321 e. The topological polar surface area (TPSA) is 52.9 Å². The molecule has 0 spiro atoms. The summed E-state index contributed by atoms with van der Waals surface area (Å²) in [5.41, 5.74) is 8.33. The number of anilines is 1. The second-order valence-electron chi connectivity index (χ2n) is 7.96. The van der Waals surface area contributed by atoms with Crippen LogP contribution in [0.1, 0.15) is 38.9 Å². The molecule has 31 heavy (non-hydrogen) atoms. The number of nitrogens with one attached hydrogen (secondary N) is 1. The monoisotopic (exact) mass is 472 g/mol. The van der Waals surface area contributed by atoms with E-state index in [1.54, 1.807) is 6.08 Å². The Morgan fingerprint density at radius 1 is 0.968 bits per heavy atom. The third-order valence-corrected chi connectivity index (χ3v) is 5.58. The summed E-state index contributed by atoms with van der Waals surface area (Å²) in [5, 5.41) is 12.6. The highest BCUT2D eigenvalue weighted by Crippen LogP contribution is 2.24. The molecule has 3 rings (SSSR count). The zero-order valence-electron chi connectivity index (χ0n) is 18.2. The second kappa shape index (κ2) is 9.76. The molecule has 0 heterocycles. The first kappa shape index (κ1) is 22.5. The van der Waals surface area contributed by atoms with Crippen LogP contribution < -0.4 is 5.32 Å². The van der Waals surface area contributed by atoms with Crippen LogP contribution in [0.5, 0.6) is 0 Å². The van der Waals surface area contributed by atoms with Crippen LogP contribution in [0.25, 0.3) is 6.08 Å². The summed E-state index contributed by atoms with van der Waals surface area (Å²) in [6.45, 7) is 8.08. The van der Waals surface area contributed by atoms with Crippen molar-refractivity contribution in [3.63, 3.8) is 0 Å². The summed E-state index contributed by atoms with van der Waals surface area (Å²) in [6.07, 6.45) is 2.39. The van der Waals surface area contributed by atoms with Gasteiger partial charge in [0.1, 0.15) is 11.6 Å². The van der Waals surface area contributed by atoms with Crippen molar-refractivity contribution in [2.24, 2.45) is 0 Å². The molecule has 0 aromatic heterocycles. The zero-order chi connectivity index (χ0) is 22.5. The minimum absolute atomic E-state index is 0.0701. The van der Waals surface area contributed by atoms with Crippen molar-refractivity contribution in [2.45, 2.75) is 34.1 Å². The number of benzene rings is 3. The molecule has 0 saturated carbocycles. The van der Waals surface area contributed by atoms with Gasteiger partial charge in [-0.3, -0.25) is 4.79 Å². The highest BCUT2D eigenvalue weighted by atomic mass is 79.9. The smallest absolute Gasteiger partial charge is 0.266 e. The molecule has 3 aromatic carbocycles. The molecule has 0 fully saturated rings. The lowest BCUT2D eigenvalue weighted by atomic mass is 9.96. The van der Waals surface area contributed by atoms with Crippen LogP contribution in [-0.2, 0) is 11.2 Å². The second-order valence-corrected chi connectivity index (χ2v) is 8.87. The maximum Gasteiger partial charge on any atom is 0.266 e. The average Bonchev–Trinajstić information content (AvgIpc) is 2.70. The predicted molar refractivity (Wildman–Crippen MR) is 131 cm³/mol. The molecular formula is C27H25BrN2O. The minimum Gasteiger partial charge on any atom is -0.321 e. The van der Waals surface area contributed by atoms with Gasteiger partial charge in [0.2, 0.25) is 0 Å². The molecule has 0 aliphatic rings. The van der Waals surface area contributed by atoms with Crippen LogP contribution in [-0.4, -0.2) is 5.91 Å². The highest BCUT2D eigenvalue weighted by Gasteiger charge is 2.13. The fourth-order valence-electron chi connectivity index (χ4n) is 3.62. The maximum atomic E-state index is 12.8. The van der Waals surface area contributed by atoms with Gasteiger partial charge in [0.15, 0.2) is 0 Å². The van der Waals surface area contributed by atoms with Crippen LogP contribution >= 0.6 is 15.9 Å². The molecule has 0 aliphatic heterocycles. The molecule has 1 amide bonds. The Bertz CT molecular complexity index is 1200. The van der Waals surface area contributed by atoms with Gasteiger partial charge in [0.25, 0.3) is 5.91 Å². The summed E-state index contributed by atoms with van der Waals surface area (Å²) < 4.78 is 0.898. The van der Waals surface area contributed by atoms with Crippen LogP contribution in [0.4, 0.5) is 5.69 Å². The fraction of sp³-hybridized carbons (Fsp3) is 0.185. The normalized spacial score (nSPS) is 11.2. The van der Waals surface area contributed by atoms with E-state index in [4.69, 9.17) is 0 Å². The molecule has 4 heteroatoms. The Labute approximate surface area is 192 Å². The number of carbonyl (C=O) groups is 1. The Morgan fingerprint density at radius 3 is 2.35 bits per heavy atom. The predicted octanol–water partition coefficient (Wildman–Crippen LogP) is 6.82. The highest BCUT2D eigenvalue weighted by molar-refractivity contribution is 9.10. The summed E-state index contributed by atoms with van der Waals surface area (Å²) in [6, 6.07) is 20.4. The number of carbonyl (C=O) groups excluding carboxylic acids is 1. The Morgan fingerprint density at radius 2 is 1.68 bits per heavy atom. The van der Waals surface area contributed by atoms with E-state index in [-0.39, 0.29) is 5.57 Å². The molecular weight excluding hydrogens is 448 g/mol. The van der Waals surface area contributed by atoms with E-state index in [0.717, 1.165) is 38.8 Å². The number of halogens is 1. The lowest BCUT2D eigenvalue weighted by molar-refractivity contribution is -0.112.